The predicted octanol–water partition coefficient (Wildman–Crippen LogP) is 2.96. The zero-order chi connectivity index (χ0) is 22.1. The van der Waals surface area contributed by atoms with Gasteiger partial charge in [0.1, 0.15) is 11.3 Å². The number of H-pyrrole nitrogens is 2. The number of rotatable bonds is 5. The number of aromatic nitrogens is 2. The third-order valence-corrected chi connectivity index (χ3v) is 6.02. The number of aromatic carboxylic acids is 1. The van der Waals surface area contributed by atoms with Gasteiger partial charge in [-0.25, -0.2) is 4.79 Å². The third kappa shape index (κ3) is 3.86. The Bertz CT molecular complexity index is 1260. The number of carbonyl (C=O) groups is 1. The van der Waals surface area contributed by atoms with E-state index in [-0.39, 0.29) is 17.0 Å². The zero-order valence-electron chi connectivity index (χ0n) is 17.5. The zero-order valence-corrected chi connectivity index (χ0v) is 17.5. The van der Waals surface area contributed by atoms with Crippen molar-refractivity contribution in [3.8, 4) is 5.75 Å². The van der Waals surface area contributed by atoms with E-state index in [1.165, 1.54) is 12.1 Å². The number of pyridine rings is 2. The Kier molecular flexibility index (Phi) is 5.65. The van der Waals surface area contributed by atoms with E-state index in [0.717, 1.165) is 42.5 Å². The van der Waals surface area contributed by atoms with Gasteiger partial charge in [-0.3, -0.25) is 14.5 Å². The molecule has 8 nitrogen and oxygen atoms in total. The number of carboxylic acid groups (broad SMARTS) is 1. The number of hydrogen-bond acceptors (Lipinski definition) is 5. The smallest absolute Gasteiger partial charge is 0.341 e. The van der Waals surface area contributed by atoms with Crippen LogP contribution in [0.5, 0.6) is 5.75 Å². The van der Waals surface area contributed by atoms with Crippen LogP contribution < -0.4 is 15.7 Å². The standard InChI is InChI=1S/C23H25N3O5/c1-13-11-19(31-2)15(20-18(27)8-9-24-21(13)20)12-26-10-4-3-5-17(26)16-7-6-14(23(29)30)22(28)25-16/h6-9,11,17H,3-5,10,12H2,1-2H3,(H,24,27)(H,25,28)(H,29,30). The van der Waals surface area contributed by atoms with Gasteiger partial charge in [-0.15, -0.1) is 0 Å². The van der Waals surface area contributed by atoms with Crippen molar-refractivity contribution in [3.05, 3.63) is 73.4 Å². The highest BCUT2D eigenvalue weighted by Gasteiger charge is 2.27. The maximum Gasteiger partial charge on any atom is 0.341 e. The Labute approximate surface area is 178 Å². The molecule has 1 aliphatic rings. The average molecular weight is 423 g/mol. The quantitative estimate of drug-likeness (QED) is 0.581. The van der Waals surface area contributed by atoms with E-state index in [1.807, 2.05) is 13.0 Å². The molecule has 0 spiro atoms. The van der Waals surface area contributed by atoms with E-state index >= 15 is 0 Å². The molecule has 4 rings (SSSR count). The van der Waals surface area contributed by atoms with Crippen molar-refractivity contribution in [2.75, 3.05) is 13.7 Å². The molecule has 1 atom stereocenters. The first-order valence-electron chi connectivity index (χ1n) is 10.3. The van der Waals surface area contributed by atoms with Crippen molar-refractivity contribution >= 4 is 16.9 Å². The van der Waals surface area contributed by atoms with E-state index in [9.17, 15) is 14.4 Å². The number of methoxy groups -OCH3 is 1. The monoisotopic (exact) mass is 423 g/mol. The van der Waals surface area contributed by atoms with Crippen LogP contribution in [0, 0.1) is 6.92 Å². The number of benzene rings is 1. The molecule has 8 heteroatoms. The van der Waals surface area contributed by atoms with E-state index in [4.69, 9.17) is 9.84 Å². The van der Waals surface area contributed by atoms with Crippen LogP contribution in [0.2, 0.25) is 0 Å². The lowest BCUT2D eigenvalue weighted by Gasteiger charge is -2.36. The second-order valence-corrected chi connectivity index (χ2v) is 7.91. The van der Waals surface area contributed by atoms with Crippen molar-refractivity contribution in [1.82, 2.24) is 14.9 Å². The molecule has 162 valence electrons. The van der Waals surface area contributed by atoms with Crippen LogP contribution in [-0.4, -0.2) is 39.6 Å². The number of nitrogens with zero attached hydrogens (tertiary/aromatic N) is 1. The number of ether oxygens (including phenoxy) is 1. The first-order chi connectivity index (χ1) is 14.9. The second-order valence-electron chi connectivity index (χ2n) is 7.91. The van der Waals surface area contributed by atoms with Gasteiger partial charge < -0.3 is 19.8 Å². The number of aromatic amines is 2. The third-order valence-electron chi connectivity index (χ3n) is 6.02. The minimum Gasteiger partial charge on any atom is -0.496 e. The summed E-state index contributed by atoms with van der Waals surface area (Å²) in [5.74, 6) is -0.593. The van der Waals surface area contributed by atoms with Crippen LogP contribution in [0.4, 0.5) is 0 Å². The fourth-order valence-electron chi connectivity index (χ4n) is 4.50. The van der Waals surface area contributed by atoms with E-state index in [1.54, 1.807) is 19.4 Å². The van der Waals surface area contributed by atoms with E-state index in [2.05, 4.69) is 14.9 Å². The molecule has 1 fully saturated rings. The van der Waals surface area contributed by atoms with Crippen LogP contribution in [-0.2, 0) is 6.54 Å². The number of nitrogens with one attached hydrogen (secondary N) is 2. The Balaban J connectivity index is 1.78. The summed E-state index contributed by atoms with van der Waals surface area (Å²) in [7, 11) is 1.59. The molecule has 3 N–H and O–H groups in total. The molecule has 0 radical (unpaired) electrons. The molecular weight excluding hydrogens is 398 g/mol. The largest absolute Gasteiger partial charge is 0.496 e. The lowest BCUT2D eigenvalue weighted by Crippen LogP contribution is -2.35. The molecule has 0 aliphatic carbocycles. The minimum atomic E-state index is -1.25. The van der Waals surface area contributed by atoms with Gasteiger partial charge in [0.2, 0.25) is 0 Å². The number of aryl methyl sites for hydroxylation is 1. The Morgan fingerprint density at radius 2 is 2.06 bits per heavy atom. The number of likely N-dealkylation sites (tertiary alicyclic amines) is 1. The molecule has 2 aromatic heterocycles. The highest BCUT2D eigenvalue weighted by atomic mass is 16.5. The van der Waals surface area contributed by atoms with Gasteiger partial charge in [0.25, 0.3) is 5.56 Å². The van der Waals surface area contributed by atoms with Gasteiger partial charge in [-0.1, -0.05) is 6.42 Å². The maximum absolute atomic E-state index is 12.8. The predicted molar refractivity (Wildman–Crippen MR) is 117 cm³/mol. The summed E-state index contributed by atoms with van der Waals surface area (Å²) in [6.07, 6.45) is 4.46. The number of hydrogen-bond donors (Lipinski definition) is 3. The molecule has 1 saturated heterocycles. The Morgan fingerprint density at radius 3 is 2.77 bits per heavy atom. The van der Waals surface area contributed by atoms with Crippen LogP contribution >= 0.6 is 0 Å². The second kappa shape index (κ2) is 8.39. The average Bonchev–Trinajstić information content (AvgIpc) is 2.75. The van der Waals surface area contributed by atoms with Gasteiger partial charge in [-0.05, 0) is 50.1 Å². The first kappa shape index (κ1) is 20.9. The molecule has 3 heterocycles. The van der Waals surface area contributed by atoms with Gasteiger partial charge >= 0.3 is 5.97 Å². The molecule has 0 amide bonds. The summed E-state index contributed by atoms with van der Waals surface area (Å²) in [4.78, 5) is 44.3. The molecule has 3 aromatic rings. The SMILES string of the molecule is COc1cc(C)c2[nH]ccc(=O)c2c1CN1CCCCC1c1ccc(C(=O)O)c(=O)[nH]1. The highest BCUT2D eigenvalue weighted by molar-refractivity contribution is 5.87. The number of carboxylic acids is 1. The van der Waals surface area contributed by atoms with Gasteiger partial charge in [0.15, 0.2) is 5.43 Å². The van der Waals surface area contributed by atoms with Crippen LogP contribution in [0.3, 0.4) is 0 Å². The van der Waals surface area contributed by atoms with Crippen molar-refractivity contribution in [2.45, 2.75) is 38.8 Å². The van der Waals surface area contributed by atoms with Crippen molar-refractivity contribution in [2.24, 2.45) is 0 Å². The summed E-state index contributed by atoms with van der Waals surface area (Å²) in [5, 5.41) is 9.75. The first-order valence-corrected chi connectivity index (χ1v) is 10.3. The summed E-state index contributed by atoms with van der Waals surface area (Å²) in [5.41, 5.74) is 2.25. The summed E-state index contributed by atoms with van der Waals surface area (Å²) < 4.78 is 5.63. The van der Waals surface area contributed by atoms with Crippen molar-refractivity contribution in [3.63, 3.8) is 0 Å². The van der Waals surface area contributed by atoms with Crippen LogP contribution in [0.15, 0.2) is 40.1 Å². The van der Waals surface area contributed by atoms with Gasteiger partial charge in [-0.2, -0.15) is 0 Å². The Hall–Kier alpha value is -3.39. The number of piperidine rings is 1. The van der Waals surface area contributed by atoms with Gasteiger partial charge in [0, 0.05) is 30.1 Å². The molecule has 1 unspecified atom stereocenters. The molecular formula is C23H25N3O5. The molecule has 0 bridgehead atoms. The summed E-state index contributed by atoms with van der Waals surface area (Å²) >= 11 is 0. The lowest BCUT2D eigenvalue weighted by molar-refractivity contribution is 0.0694. The normalized spacial score (nSPS) is 17.0. The minimum absolute atomic E-state index is 0.0708. The topological polar surface area (TPSA) is 115 Å². The summed E-state index contributed by atoms with van der Waals surface area (Å²) in [6.45, 7) is 3.19. The fourth-order valence-corrected chi connectivity index (χ4v) is 4.50. The number of fused-ring (bicyclic) bond motifs is 1. The van der Waals surface area contributed by atoms with Crippen LogP contribution in [0.25, 0.3) is 10.9 Å². The maximum atomic E-state index is 12.8. The molecule has 0 saturated carbocycles. The fraction of sp³-hybridized carbons (Fsp3) is 0.348. The van der Waals surface area contributed by atoms with E-state index < -0.39 is 11.5 Å². The van der Waals surface area contributed by atoms with Crippen molar-refractivity contribution < 1.29 is 14.6 Å². The van der Waals surface area contributed by atoms with Gasteiger partial charge in [0.05, 0.1) is 24.1 Å². The van der Waals surface area contributed by atoms with Crippen LogP contribution in [0.1, 0.15) is 52.5 Å². The molecule has 1 aromatic carbocycles. The van der Waals surface area contributed by atoms with Crippen molar-refractivity contribution in [1.29, 1.82) is 0 Å². The molecule has 1 aliphatic heterocycles. The van der Waals surface area contributed by atoms with E-state index in [0.29, 0.717) is 23.4 Å². The highest BCUT2D eigenvalue weighted by Crippen LogP contribution is 2.35. The Morgan fingerprint density at radius 1 is 1.26 bits per heavy atom. The molecule has 31 heavy (non-hydrogen) atoms. The lowest BCUT2D eigenvalue weighted by atomic mass is 9.96. The summed E-state index contributed by atoms with van der Waals surface area (Å²) in [6, 6.07) is 6.38.